The SMILES string of the molecule is CC(=O)[O-].COc1cccc(C=NC(C)(CO)CO)c1[O-].[Cu+2].c1cnc2c(c1)ccc1cccnc12. The summed E-state index contributed by atoms with van der Waals surface area (Å²) in [4.78, 5) is 21.6. The van der Waals surface area contributed by atoms with E-state index in [1.54, 1.807) is 37.5 Å². The van der Waals surface area contributed by atoms with E-state index in [2.05, 4.69) is 39.2 Å². The molecule has 0 aliphatic rings. The molecular formula is C26H27CuN3O6. The fourth-order valence-electron chi connectivity index (χ4n) is 2.83. The smallest absolute Gasteiger partial charge is 0.870 e. The first-order chi connectivity index (χ1) is 16.7. The summed E-state index contributed by atoms with van der Waals surface area (Å²) in [7, 11) is 1.42. The zero-order chi connectivity index (χ0) is 25.8. The van der Waals surface area contributed by atoms with E-state index in [1.807, 2.05) is 12.1 Å². The molecule has 4 aromatic rings. The van der Waals surface area contributed by atoms with Gasteiger partial charge in [-0.15, -0.1) is 0 Å². The molecule has 0 aliphatic carbocycles. The molecule has 0 unspecified atom stereocenters. The zero-order valence-corrected chi connectivity index (χ0v) is 21.0. The molecule has 0 fully saturated rings. The fourth-order valence-corrected chi connectivity index (χ4v) is 2.83. The molecule has 2 N–H and O–H groups in total. The summed E-state index contributed by atoms with van der Waals surface area (Å²) in [6, 6.07) is 17.0. The Morgan fingerprint density at radius 1 is 1.00 bits per heavy atom. The van der Waals surface area contributed by atoms with Crippen molar-refractivity contribution in [2.24, 2.45) is 4.99 Å². The number of para-hydroxylation sites is 1. The number of rotatable bonds is 5. The minimum atomic E-state index is -1.08. The molecule has 0 saturated carbocycles. The molecule has 2 heterocycles. The van der Waals surface area contributed by atoms with E-state index in [4.69, 9.17) is 24.9 Å². The molecule has 0 aliphatic heterocycles. The average Bonchev–Trinajstić information content (AvgIpc) is 2.88. The van der Waals surface area contributed by atoms with Crippen LogP contribution in [0.25, 0.3) is 21.8 Å². The summed E-state index contributed by atoms with van der Waals surface area (Å²) in [5.41, 5.74) is 1.34. The van der Waals surface area contributed by atoms with E-state index in [-0.39, 0.29) is 41.8 Å². The van der Waals surface area contributed by atoms with E-state index in [9.17, 15) is 5.11 Å². The fraction of sp³-hybridized carbons (Fsp3) is 0.231. The number of pyridine rings is 2. The van der Waals surface area contributed by atoms with Gasteiger partial charge in [0.2, 0.25) is 0 Å². The molecule has 4 rings (SSSR count). The number of benzene rings is 2. The summed E-state index contributed by atoms with van der Waals surface area (Å²) in [5, 5.41) is 41.0. The first-order valence-corrected chi connectivity index (χ1v) is 10.6. The minimum absolute atomic E-state index is 0. The molecule has 2 aromatic carbocycles. The number of aliphatic hydroxyl groups is 2. The number of carbonyl (C=O) groups is 1. The zero-order valence-electron chi connectivity index (χ0n) is 20.0. The number of aliphatic carboxylic acids is 1. The minimum Gasteiger partial charge on any atom is -0.870 e. The van der Waals surface area contributed by atoms with Gasteiger partial charge in [-0.3, -0.25) is 15.0 Å². The van der Waals surface area contributed by atoms with E-state index in [0.29, 0.717) is 5.56 Å². The standard InChI is InChI=1S/C12H8N2.C12H17NO4.C2H4O2.Cu/c1-3-9-5-6-10-4-2-8-14-12(10)11(9)13-7-1;1-12(7-14,8-15)13-6-9-4-3-5-10(17-2)11(9)16;1-2(3)4;/h1-8H;3-6,14-16H,7-8H2,1-2H3;1H3,(H,3,4);/q;;;+2/p-2. The van der Waals surface area contributed by atoms with Crippen LogP contribution in [-0.2, 0) is 21.9 Å². The molecule has 0 spiro atoms. The first kappa shape index (κ1) is 30.5. The van der Waals surface area contributed by atoms with Crippen molar-refractivity contribution < 1.29 is 47.0 Å². The van der Waals surface area contributed by atoms with Crippen LogP contribution in [0.3, 0.4) is 0 Å². The Morgan fingerprint density at radius 2 is 1.50 bits per heavy atom. The van der Waals surface area contributed by atoms with E-state index in [1.165, 1.54) is 13.3 Å². The van der Waals surface area contributed by atoms with Crippen molar-refractivity contribution >= 4 is 34.0 Å². The van der Waals surface area contributed by atoms with Crippen molar-refractivity contribution in [1.82, 2.24) is 9.97 Å². The van der Waals surface area contributed by atoms with Crippen molar-refractivity contribution in [1.29, 1.82) is 0 Å². The van der Waals surface area contributed by atoms with Crippen LogP contribution >= 0.6 is 0 Å². The molecule has 0 amide bonds. The maximum absolute atomic E-state index is 11.8. The number of methoxy groups -OCH3 is 1. The molecular weight excluding hydrogens is 514 g/mol. The summed E-state index contributed by atoms with van der Waals surface area (Å²) >= 11 is 0. The number of hydrogen-bond donors (Lipinski definition) is 2. The summed E-state index contributed by atoms with van der Waals surface area (Å²) in [5.74, 6) is -1.11. The molecule has 193 valence electrons. The molecule has 10 heteroatoms. The normalized spacial score (nSPS) is 10.6. The number of fused-ring (bicyclic) bond motifs is 3. The van der Waals surface area contributed by atoms with Gasteiger partial charge in [0.25, 0.3) is 0 Å². The first-order valence-electron chi connectivity index (χ1n) is 10.6. The third kappa shape index (κ3) is 8.58. The van der Waals surface area contributed by atoms with Gasteiger partial charge in [-0.1, -0.05) is 42.1 Å². The van der Waals surface area contributed by atoms with Crippen molar-refractivity contribution in [3.63, 3.8) is 0 Å². The van der Waals surface area contributed by atoms with Gasteiger partial charge >= 0.3 is 17.1 Å². The Bertz CT molecular complexity index is 1240. The van der Waals surface area contributed by atoms with Gasteiger partial charge in [-0.25, -0.2) is 0 Å². The van der Waals surface area contributed by atoms with Crippen LogP contribution in [0.4, 0.5) is 0 Å². The van der Waals surface area contributed by atoms with Crippen molar-refractivity contribution in [3.8, 4) is 11.5 Å². The van der Waals surface area contributed by atoms with Gasteiger partial charge in [0, 0.05) is 35.4 Å². The average molecular weight is 541 g/mol. The summed E-state index contributed by atoms with van der Waals surface area (Å²) < 4.78 is 4.90. The predicted molar refractivity (Wildman–Crippen MR) is 130 cm³/mol. The maximum Gasteiger partial charge on any atom is 2.00 e. The quantitative estimate of drug-likeness (QED) is 0.219. The van der Waals surface area contributed by atoms with Crippen LogP contribution in [0.1, 0.15) is 19.4 Å². The Hall–Kier alpha value is -3.56. The largest absolute Gasteiger partial charge is 2.00 e. The summed E-state index contributed by atoms with van der Waals surface area (Å²) in [6.07, 6.45) is 4.95. The maximum atomic E-state index is 11.8. The van der Waals surface area contributed by atoms with Crippen LogP contribution < -0.4 is 14.9 Å². The molecule has 0 saturated heterocycles. The number of aliphatic hydroxyl groups excluding tert-OH is 2. The van der Waals surface area contributed by atoms with Gasteiger partial charge in [0.1, 0.15) is 11.3 Å². The van der Waals surface area contributed by atoms with Gasteiger partial charge in [-0.2, -0.15) is 0 Å². The van der Waals surface area contributed by atoms with Crippen molar-refractivity contribution in [2.75, 3.05) is 20.3 Å². The van der Waals surface area contributed by atoms with Crippen molar-refractivity contribution in [2.45, 2.75) is 19.4 Å². The Balaban J connectivity index is 0.000000309. The number of ether oxygens (including phenoxy) is 1. The molecule has 0 bridgehead atoms. The van der Waals surface area contributed by atoms with Crippen LogP contribution in [0.15, 0.2) is 72.0 Å². The van der Waals surface area contributed by atoms with Crippen LogP contribution in [0.5, 0.6) is 11.5 Å². The monoisotopic (exact) mass is 540 g/mol. The molecule has 2 aromatic heterocycles. The number of carboxylic acid groups (broad SMARTS) is 1. The second-order valence-electron chi connectivity index (χ2n) is 7.66. The second-order valence-corrected chi connectivity index (χ2v) is 7.66. The van der Waals surface area contributed by atoms with Crippen LogP contribution in [-0.4, -0.2) is 58.2 Å². The third-order valence-corrected chi connectivity index (χ3v) is 4.77. The molecule has 0 atom stereocenters. The van der Waals surface area contributed by atoms with E-state index in [0.717, 1.165) is 28.7 Å². The predicted octanol–water partition coefficient (Wildman–Crippen LogP) is 1.47. The number of aromatic nitrogens is 2. The van der Waals surface area contributed by atoms with Crippen LogP contribution in [0, 0.1) is 0 Å². The van der Waals surface area contributed by atoms with Gasteiger partial charge in [0.05, 0.1) is 31.4 Å². The molecule has 9 nitrogen and oxygen atoms in total. The van der Waals surface area contributed by atoms with Gasteiger partial charge < -0.3 is 30.0 Å². The Labute approximate surface area is 219 Å². The summed E-state index contributed by atoms with van der Waals surface area (Å²) in [6.45, 7) is 1.98. The van der Waals surface area contributed by atoms with E-state index >= 15 is 0 Å². The number of carbonyl (C=O) groups excluding carboxylic acids is 1. The third-order valence-electron chi connectivity index (χ3n) is 4.77. The molecule has 1 radical (unpaired) electrons. The molecule has 36 heavy (non-hydrogen) atoms. The van der Waals surface area contributed by atoms with Crippen LogP contribution in [0.2, 0.25) is 0 Å². The second kappa shape index (κ2) is 14.8. The van der Waals surface area contributed by atoms with E-state index < -0.39 is 11.5 Å². The van der Waals surface area contributed by atoms with Gasteiger partial charge in [-0.05, 0) is 37.6 Å². The number of aliphatic imine (C=N–C) groups is 1. The topological polar surface area (TPSA) is 151 Å². The Morgan fingerprint density at radius 3 is 1.94 bits per heavy atom. The number of nitrogens with zero attached hydrogens (tertiary/aromatic N) is 3. The van der Waals surface area contributed by atoms with Crippen molar-refractivity contribution in [3.05, 3.63) is 72.6 Å². The number of carboxylic acids is 1. The van der Waals surface area contributed by atoms with Gasteiger partial charge in [0.15, 0.2) is 0 Å². The number of hydrogen-bond acceptors (Lipinski definition) is 9. The Kier molecular flexibility index (Phi) is 12.5.